The van der Waals surface area contributed by atoms with Crippen molar-refractivity contribution in [1.29, 1.82) is 0 Å². The van der Waals surface area contributed by atoms with Gasteiger partial charge in [0.1, 0.15) is 0 Å². The smallest absolute Gasteiger partial charge is 0.356 e. The molecule has 2 aromatic heterocycles. The van der Waals surface area contributed by atoms with Gasteiger partial charge in [-0.15, -0.1) is 11.3 Å². The lowest BCUT2D eigenvalue weighted by molar-refractivity contribution is 0.0692. The van der Waals surface area contributed by atoms with Crippen molar-refractivity contribution in [2.75, 3.05) is 0 Å². The Kier molecular flexibility index (Phi) is 3.12. The molecule has 100 valence electrons. The summed E-state index contributed by atoms with van der Waals surface area (Å²) in [7, 11) is 0. The van der Waals surface area contributed by atoms with Crippen LogP contribution in [0.15, 0.2) is 47.1 Å². The number of furan rings is 1. The fraction of sp³-hybridized carbons (Fsp3) is 0.0667. The monoisotopic (exact) mass is 285 g/mol. The van der Waals surface area contributed by atoms with Crippen molar-refractivity contribution in [2.24, 2.45) is 0 Å². The molecule has 20 heavy (non-hydrogen) atoms. The van der Waals surface area contributed by atoms with Crippen molar-refractivity contribution >= 4 is 17.3 Å². The summed E-state index contributed by atoms with van der Waals surface area (Å²) in [5, 5.41) is 9.91. The second-order valence-electron chi connectivity index (χ2n) is 4.30. The molecule has 5 heteroatoms. The number of carboxylic acids is 1. The lowest BCUT2D eigenvalue weighted by atomic mass is 10.1. The summed E-state index contributed by atoms with van der Waals surface area (Å²) in [6.45, 7) is 1.91. The zero-order valence-corrected chi connectivity index (χ0v) is 11.5. The molecule has 0 radical (unpaired) electrons. The molecular formula is C15H11NO3S. The van der Waals surface area contributed by atoms with Crippen LogP contribution in [-0.2, 0) is 0 Å². The molecule has 0 fully saturated rings. The first-order valence-electron chi connectivity index (χ1n) is 6.01. The summed E-state index contributed by atoms with van der Waals surface area (Å²) in [5.41, 5.74) is 1.85. The molecule has 0 spiro atoms. The standard InChI is InChI=1S/C15H11NO3S/c1-9-7-8-19-12(9)14-16-11(15(17)18)13(20-14)10-5-3-2-4-6-10/h2-8H,1H3,(H,17,18). The lowest BCUT2D eigenvalue weighted by Gasteiger charge is -1.97. The van der Waals surface area contributed by atoms with Gasteiger partial charge in [0.15, 0.2) is 16.5 Å². The highest BCUT2D eigenvalue weighted by Gasteiger charge is 2.21. The predicted octanol–water partition coefficient (Wildman–Crippen LogP) is 4.08. The molecule has 0 bridgehead atoms. The molecule has 0 amide bonds. The number of nitrogens with zero attached hydrogens (tertiary/aromatic N) is 1. The summed E-state index contributed by atoms with van der Waals surface area (Å²) in [6.07, 6.45) is 1.58. The maximum absolute atomic E-state index is 11.4. The normalized spacial score (nSPS) is 10.7. The summed E-state index contributed by atoms with van der Waals surface area (Å²) >= 11 is 1.33. The highest BCUT2D eigenvalue weighted by atomic mass is 32.1. The SMILES string of the molecule is Cc1ccoc1-c1nc(C(=O)O)c(-c2ccccc2)s1. The number of rotatable bonds is 3. The van der Waals surface area contributed by atoms with E-state index in [9.17, 15) is 9.90 Å². The van der Waals surface area contributed by atoms with E-state index in [2.05, 4.69) is 4.98 Å². The number of carboxylic acid groups (broad SMARTS) is 1. The minimum atomic E-state index is -1.03. The van der Waals surface area contributed by atoms with Crippen LogP contribution in [0.5, 0.6) is 0 Å². The van der Waals surface area contributed by atoms with Gasteiger partial charge in [0, 0.05) is 0 Å². The largest absolute Gasteiger partial charge is 0.476 e. The van der Waals surface area contributed by atoms with E-state index in [4.69, 9.17) is 4.42 Å². The van der Waals surface area contributed by atoms with Gasteiger partial charge < -0.3 is 9.52 Å². The van der Waals surface area contributed by atoms with E-state index in [-0.39, 0.29) is 5.69 Å². The summed E-state index contributed by atoms with van der Waals surface area (Å²) < 4.78 is 5.39. The van der Waals surface area contributed by atoms with E-state index in [1.807, 2.05) is 43.3 Å². The summed E-state index contributed by atoms with van der Waals surface area (Å²) in [6, 6.07) is 11.2. The Hall–Kier alpha value is -2.40. The highest BCUT2D eigenvalue weighted by molar-refractivity contribution is 7.18. The van der Waals surface area contributed by atoms with Crippen LogP contribution in [0.2, 0.25) is 0 Å². The Labute approximate surface area is 119 Å². The van der Waals surface area contributed by atoms with Gasteiger partial charge in [0.05, 0.1) is 11.1 Å². The average Bonchev–Trinajstić information content (AvgIpc) is 3.05. The molecule has 1 aromatic carbocycles. The van der Waals surface area contributed by atoms with Crippen molar-refractivity contribution < 1.29 is 14.3 Å². The van der Waals surface area contributed by atoms with Crippen LogP contribution >= 0.6 is 11.3 Å². The van der Waals surface area contributed by atoms with Crippen LogP contribution in [0.4, 0.5) is 0 Å². The molecule has 0 saturated carbocycles. The van der Waals surface area contributed by atoms with Crippen molar-refractivity contribution in [3.8, 4) is 21.2 Å². The van der Waals surface area contributed by atoms with Gasteiger partial charge in [0.2, 0.25) is 0 Å². The topological polar surface area (TPSA) is 63.3 Å². The maximum Gasteiger partial charge on any atom is 0.356 e. The van der Waals surface area contributed by atoms with E-state index in [0.29, 0.717) is 15.6 Å². The van der Waals surface area contributed by atoms with Crippen LogP contribution in [0, 0.1) is 6.92 Å². The molecule has 0 saturated heterocycles. The van der Waals surface area contributed by atoms with Crippen molar-refractivity contribution in [1.82, 2.24) is 4.98 Å². The third-order valence-electron chi connectivity index (χ3n) is 2.92. The first kappa shape index (κ1) is 12.6. The fourth-order valence-corrected chi connectivity index (χ4v) is 3.05. The number of aromatic nitrogens is 1. The van der Waals surface area contributed by atoms with Crippen LogP contribution in [0.25, 0.3) is 21.2 Å². The lowest BCUT2D eigenvalue weighted by Crippen LogP contribution is -1.98. The average molecular weight is 285 g/mol. The number of aromatic carboxylic acids is 1. The van der Waals surface area contributed by atoms with E-state index in [1.165, 1.54) is 11.3 Å². The van der Waals surface area contributed by atoms with Gasteiger partial charge in [-0.2, -0.15) is 0 Å². The first-order valence-corrected chi connectivity index (χ1v) is 6.82. The van der Waals surface area contributed by atoms with Gasteiger partial charge in [-0.05, 0) is 24.1 Å². The zero-order valence-electron chi connectivity index (χ0n) is 10.7. The zero-order chi connectivity index (χ0) is 14.1. The number of hydrogen-bond acceptors (Lipinski definition) is 4. The van der Waals surface area contributed by atoms with Gasteiger partial charge in [-0.3, -0.25) is 0 Å². The van der Waals surface area contributed by atoms with Crippen molar-refractivity contribution in [3.05, 3.63) is 53.9 Å². The molecule has 0 aliphatic rings. The molecule has 2 heterocycles. The van der Waals surface area contributed by atoms with E-state index in [1.54, 1.807) is 6.26 Å². The second-order valence-corrected chi connectivity index (χ2v) is 5.30. The van der Waals surface area contributed by atoms with Crippen molar-refractivity contribution in [2.45, 2.75) is 6.92 Å². The molecule has 4 nitrogen and oxygen atoms in total. The number of benzene rings is 1. The number of aryl methyl sites for hydroxylation is 1. The third-order valence-corrected chi connectivity index (χ3v) is 4.03. The minimum absolute atomic E-state index is 0.0620. The van der Waals surface area contributed by atoms with Gasteiger partial charge in [-0.25, -0.2) is 9.78 Å². The van der Waals surface area contributed by atoms with Gasteiger partial charge in [0.25, 0.3) is 0 Å². The van der Waals surface area contributed by atoms with E-state index < -0.39 is 5.97 Å². The molecule has 1 N–H and O–H groups in total. The second kappa shape index (κ2) is 4.94. The minimum Gasteiger partial charge on any atom is -0.476 e. The van der Waals surface area contributed by atoms with E-state index in [0.717, 1.165) is 11.1 Å². The molecule has 0 aliphatic heterocycles. The Balaban J connectivity index is 2.18. The highest BCUT2D eigenvalue weighted by Crippen LogP contribution is 2.36. The molecule has 0 atom stereocenters. The first-order chi connectivity index (χ1) is 9.66. The number of carbonyl (C=O) groups is 1. The fourth-order valence-electron chi connectivity index (χ4n) is 1.94. The Morgan fingerprint density at radius 2 is 2.00 bits per heavy atom. The van der Waals surface area contributed by atoms with Crippen LogP contribution in [0.1, 0.15) is 16.1 Å². The predicted molar refractivity (Wildman–Crippen MR) is 76.9 cm³/mol. The molecule has 0 unspecified atom stereocenters. The Morgan fingerprint density at radius 3 is 2.60 bits per heavy atom. The Morgan fingerprint density at radius 1 is 1.25 bits per heavy atom. The van der Waals surface area contributed by atoms with Crippen molar-refractivity contribution in [3.63, 3.8) is 0 Å². The van der Waals surface area contributed by atoms with Crippen LogP contribution < -0.4 is 0 Å². The quantitative estimate of drug-likeness (QED) is 0.787. The molecular weight excluding hydrogens is 274 g/mol. The number of thiazole rings is 1. The molecule has 3 rings (SSSR count). The molecule has 0 aliphatic carbocycles. The van der Waals surface area contributed by atoms with Crippen LogP contribution in [-0.4, -0.2) is 16.1 Å². The Bertz CT molecular complexity index is 759. The summed E-state index contributed by atoms with van der Waals surface area (Å²) in [4.78, 5) is 16.2. The summed E-state index contributed by atoms with van der Waals surface area (Å²) in [5.74, 6) is -0.407. The maximum atomic E-state index is 11.4. The van der Waals surface area contributed by atoms with Gasteiger partial charge >= 0.3 is 5.97 Å². The van der Waals surface area contributed by atoms with E-state index >= 15 is 0 Å². The van der Waals surface area contributed by atoms with Gasteiger partial charge in [-0.1, -0.05) is 30.3 Å². The third kappa shape index (κ3) is 2.12. The van der Waals surface area contributed by atoms with Crippen LogP contribution in [0.3, 0.4) is 0 Å². The molecule has 3 aromatic rings. The number of hydrogen-bond donors (Lipinski definition) is 1.